The fourth-order valence-corrected chi connectivity index (χ4v) is 1.85. The molecule has 0 heterocycles. The Morgan fingerprint density at radius 1 is 1.16 bits per heavy atom. The third-order valence-electron chi connectivity index (χ3n) is 3.05. The minimum Gasteiger partial charge on any atom is -0.507 e. The number of benzene rings is 2. The van der Waals surface area contributed by atoms with Crippen LogP contribution in [0.25, 0.3) is 6.08 Å². The Bertz CT molecular complexity index is 850. The van der Waals surface area contributed by atoms with E-state index in [4.69, 9.17) is 5.21 Å². The zero-order valence-corrected chi connectivity index (χ0v) is 12.8. The molecule has 0 spiro atoms. The molecule has 0 aliphatic rings. The molecular formula is C17H14FN3O4. The van der Waals surface area contributed by atoms with Gasteiger partial charge in [-0.3, -0.25) is 14.8 Å². The van der Waals surface area contributed by atoms with Crippen molar-refractivity contribution in [1.82, 2.24) is 10.9 Å². The summed E-state index contributed by atoms with van der Waals surface area (Å²) in [7, 11) is 0. The molecular weight excluding hydrogens is 329 g/mol. The number of aromatic hydroxyl groups is 1. The van der Waals surface area contributed by atoms with Crippen molar-refractivity contribution in [2.75, 3.05) is 0 Å². The zero-order chi connectivity index (χ0) is 18.2. The highest BCUT2D eigenvalue weighted by Crippen LogP contribution is 2.15. The standard InChI is InChI=1S/C17H14FN3O4/c18-14-5-6-15(22)13(9-14)10-19-20-17(24)12-3-1-2-11(8-12)4-7-16(23)21-25/h1-10,22,25H,(H,20,24)(H,21,23). The van der Waals surface area contributed by atoms with Crippen LogP contribution in [0.3, 0.4) is 0 Å². The smallest absolute Gasteiger partial charge is 0.271 e. The number of phenolic OH excluding ortho intramolecular Hbond substituents is 1. The summed E-state index contributed by atoms with van der Waals surface area (Å²) in [5.74, 6) is -1.95. The number of nitrogens with zero attached hydrogens (tertiary/aromatic N) is 1. The molecule has 4 N–H and O–H groups in total. The molecule has 0 unspecified atom stereocenters. The van der Waals surface area contributed by atoms with Crippen LogP contribution in [0, 0.1) is 5.82 Å². The zero-order valence-electron chi connectivity index (χ0n) is 12.8. The molecule has 0 fully saturated rings. The Hall–Kier alpha value is -3.52. The monoisotopic (exact) mass is 343 g/mol. The van der Waals surface area contributed by atoms with Gasteiger partial charge in [-0.05, 0) is 42.0 Å². The first-order chi connectivity index (χ1) is 12.0. The predicted octanol–water partition coefficient (Wildman–Crippen LogP) is 1.81. The van der Waals surface area contributed by atoms with Gasteiger partial charge in [0.25, 0.3) is 11.8 Å². The van der Waals surface area contributed by atoms with E-state index in [1.807, 2.05) is 0 Å². The second kappa shape index (κ2) is 8.37. The Balaban J connectivity index is 2.06. The molecule has 2 amide bonds. The topological polar surface area (TPSA) is 111 Å². The number of nitrogens with one attached hydrogen (secondary N) is 2. The Kier molecular flexibility index (Phi) is 5.97. The maximum Gasteiger partial charge on any atom is 0.271 e. The van der Waals surface area contributed by atoms with Gasteiger partial charge in [0.05, 0.1) is 6.21 Å². The minimum absolute atomic E-state index is 0.118. The summed E-state index contributed by atoms with van der Waals surface area (Å²) in [5.41, 5.74) is 4.65. The minimum atomic E-state index is -0.700. The maximum atomic E-state index is 13.1. The van der Waals surface area contributed by atoms with Crippen molar-refractivity contribution in [3.63, 3.8) is 0 Å². The van der Waals surface area contributed by atoms with E-state index in [-0.39, 0.29) is 16.9 Å². The van der Waals surface area contributed by atoms with Crippen LogP contribution >= 0.6 is 0 Å². The van der Waals surface area contributed by atoms with E-state index in [9.17, 15) is 19.1 Å². The van der Waals surface area contributed by atoms with E-state index in [0.717, 1.165) is 24.4 Å². The van der Waals surface area contributed by atoms with Gasteiger partial charge in [-0.1, -0.05) is 12.1 Å². The Labute approximate surface area is 142 Å². The van der Waals surface area contributed by atoms with Crippen molar-refractivity contribution >= 4 is 24.1 Å². The van der Waals surface area contributed by atoms with Crippen molar-refractivity contribution in [1.29, 1.82) is 0 Å². The van der Waals surface area contributed by atoms with Crippen molar-refractivity contribution in [3.8, 4) is 5.75 Å². The van der Waals surface area contributed by atoms with Gasteiger partial charge >= 0.3 is 0 Å². The summed E-state index contributed by atoms with van der Waals surface area (Å²) in [4.78, 5) is 23.0. The largest absolute Gasteiger partial charge is 0.507 e. The van der Waals surface area contributed by atoms with Gasteiger partial charge in [0.2, 0.25) is 0 Å². The van der Waals surface area contributed by atoms with Crippen LogP contribution in [0.15, 0.2) is 53.6 Å². The number of rotatable bonds is 5. The molecule has 0 atom stereocenters. The van der Waals surface area contributed by atoms with E-state index in [1.54, 1.807) is 12.1 Å². The van der Waals surface area contributed by atoms with Crippen LogP contribution in [0.1, 0.15) is 21.5 Å². The molecule has 2 aromatic carbocycles. The molecule has 8 heteroatoms. The normalized spacial score (nSPS) is 11.0. The first-order valence-corrected chi connectivity index (χ1v) is 7.04. The molecule has 25 heavy (non-hydrogen) atoms. The van der Waals surface area contributed by atoms with Gasteiger partial charge in [-0.2, -0.15) is 5.10 Å². The molecule has 0 aromatic heterocycles. The Morgan fingerprint density at radius 2 is 1.96 bits per heavy atom. The van der Waals surface area contributed by atoms with E-state index in [0.29, 0.717) is 5.56 Å². The number of hydrogen-bond donors (Lipinski definition) is 4. The molecule has 7 nitrogen and oxygen atoms in total. The van der Waals surface area contributed by atoms with Crippen molar-refractivity contribution in [2.45, 2.75) is 0 Å². The van der Waals surface area contributed by atoms with Crippen molar-refractivity contribution in [3.05, 3.63) is 71.0 Å². The fourth-order valence-electron chi connectivity index (χ4n) is 1.85. The van der Waals surface area contributed by atoms with E-state index in [2.05, 4.69) is 10.5 Å². The second-order valence-corrected chi connectivity index (χ2v) is 4.84. The van der Waals surface area contributed by atoms with Crippen LogP contribution < -0.4 is 10.9 Å². The molecule has 128 valence electrons. The molecule has 2 aromatic rings. The number of carbonyl (C=O) groups is 2. The maximum absolute atomic E-state index is 13.1. The van der Waals surface area contributed by atoms with Gasteiger partial charge in [0.1, 0.15) is 11.6 Å². The average molecular weight is 343 g/mol. The third kappa shape index (κ3) is 5.26. The molecule has 0 aliphatic carbocycles. The first kappa shape index (κ1) is 17.8. The molecule has 0 saturated heterocycles. The van der Waals surface area contributed by atoms with Crippen molar-refractivity contribution in [2.24, 2.45) is 5.10 Å². The predicted molar refractivity (Wildman–Crippen MR) is 88.5 cm³/mol. The number of hydrogen-bond acceptors (Lipinski definition) is 5. The summed E-state index contributed by atoms with van der Waals surface area (Å²) in [6, 6.07) is 9.65. The quantitative estimate of drug-likeness (QED) is 0.287. The van der Waals surface area contributed by atoms with E-state index < -0.39 is 17.6 Å². The molecule has 0 bridgehead atoms. The number of amides is 2. The third-order valence-corrected chi connectivity index (χ3v) is 3.05. The van der Waals surface area contributed by atoms with Gasteiger partial charge in [-0.25, -0.2) is 15.3 Å². The summed E-state index contributed by atoms with van der Waals surface area (Å²) >= 11 is 0. The lowest BCUT2D eigenvalue weighted by Gasteiger charge is -2.02. The number of phenols is 1. The van der Waals surface area contributed by atoms with Crippen LogP contribution in [0.4, 0.5) is 4.39 Å². The fraction of sp³-hybridized carbons (Fsp3) is 0. The molecule has 0 saturated carbocycles. The SMILES string of the molecule is O=C(C=Cc1cccc(C(=O)NN=Cc2cc(F)ccc2O)c1)NO. The number of carbonyl (C=O) groups excluding carboxylic acids is 2. The van der Waals surface area contributed by atoms with Gasteiger partial charge < -0.3 is 5.11 Å². The molecule has 2 rings (SSSR count). The first-order valence-electron chi connectivity index (χ1n) is 7.04. The van der Waals surface area contributed by atoms with E-state index >= 15 is 0 Å². The summed E-state index contributed by atoms with van der Waals surface area (Å²) in [6.45, 7) is 0. The van der Waals surface area contributed by atoms with Gasteiger partial charge in [0.15, 0.2) is 0 Å². The summed E-state index contributed by atoms with van der Waals surface area (Å²) < 4.78 is 13.1. The van der Waals surface area contributed by atoms with Crippen molar-refractivity contribution < 1.29 is 24.3 Å². The van der Waals surface area contributed by atoms with E-state index in [1.165, 1.54) is 29.8 Å². The lowest BCUT2D eigenvalue weighted by molar-refractivity contribution is -0.124. The van der Waals surface area contributed by atoms with Crippen LogP contribution in [0.2, 0.25) is 0 Å². The van der Waals surface area contributed by atoms with Crippen LogP contribution in [-0.4, -0.2) is 28.3 Å². The lowest BCUT2D eigenvalue weighted by Crippen LogP contribution is -2.17. The van der Waals surface area contributed by atoms with Gasteiger partial charge in [-0.15, -0.1) is 0 Å². The lowest BCUT2D eigenvalue weighted by atomic mass is 10.1. The van der Waals surface area contributed by atoms with Gasteiger partial charge in [0, 0.05) is 17.2 Å². The van der Waals surface area contributed by atoms with Crippen LogP contribution in [0.5, 0.6) is 5.75 Å². The number of hydrazone groups is 1. The Morgan fingerprint density at radius 3 is 2.72 bits per heavy atom. The average Bonchev–Trinajstić information content (AvgIpc) is 2.62. The second-order valence-electron chi connectivity index (χ2n) is 4.84. The highest BCUT2D eigenvalue weighted by atomic mass is 19.1. The number of halogens is 1. The molecule has 0 radical (unpaired) electrons. The highest BCUT2D eigenvalue weighted by molar-refractivity contribution is 5.96. The summed E-state index contributed by atoms with van der Waals surface area (Å²) in [6.07, 6.45) is 3.63. The summed E-state index contributed by atoms with van der Waals surface area (Å²) in [5, 5.41) is 21.6. The van der Waals surface area contributed by atoms with Crippen LogP contribution in [-0.2, 0) is 4.79 Å². The highest BCUT2D eigenvalue weighted by Gasteiger charge is 2.05. The number of hydroxylamine groups is 1. The molecule has 0 aliphatic heterocycles.